The zero-order valence-electron chi connectivity index (χ0n) is 9.79. The number of halogens is 1. The van der Waals surface area contributed by atoms with Crippen LogP contribution in [0.5, 0.6) is 0 Å². The molecule has 1 aromatic rings. The topological polar surface area (TPSA) is 58.2 Å². The number of nitrogens with one attached hydrogen (secondary N) is 2. The van der Waals surface area contributed by atoms with E-state index in [2.05, 4.69) is 10.6 Å². The Morgan fingerprint density at radius 2 is 1.88 bits per heavy atom. The van der Waals surface area contributed by atoms with Crippen molar-refractivity contribution >= 4 is 11.8 Å². The monoisotopic (exact) mass is 238 g/mol. The normalized spacial score (nSPS) is 11.9. The van der Waals surface area contributed by atoms with Crippen LogP contribution in [0.15, 0.2) is 24.3 Å². The number of carbonyl (C=O) groups excluding carboxylic acids is 2. The highest BCUT2D eigenvalue weighted by atomic mass is 19.1. The van der Waals surface area contributed by atoms with Crippen molar-refractivity contribution in [3.63, 3.8) is 0 Å². The molecule has 0 saturated heterocycles. The summed E-state index contributed by atoms with van der Waals surface area (Å²) < 4.78 is 12.6. The van der Waals surface area contributed by atoms with E-state index in [4.69, 9.17) is 0 Å². The zero-order valence-corrected chi connectivity index (χ0v) is 9.79. The van der Waals surface area contributed by atoms with Crippen LogP contribution in [0.1, 0.15) is 12.5 Å². The molecule has 0 bridgehead atoms. The fourth-order valence-electron chi connectivity index (χ4n) is 1.21. The van der Waals surface area contributed by atoms with Crippen LogP contribution in [-0.2, 0) is 16.0 Å². The molecular formula is C12H15FN2O2. The lowest BCUT2D eigenvalue weighted by molar-refractivity contribution is -0.130. The van der Waals surface area contributed by atoms with Crippen LogP contribution < -0.4 is 10.6 Å². The van der Waals surface area contributed by atoms with Crippen molar-refractivity contribution < 1.29 is 14.0 Å². The molecule has 4 nitrogen and oxygen atoms in total. The third kappa shape index (κ3) is 4.32. The van der Waals surface area contributed by atoms with Crippen molar-refractivity contribution in [3.8, 4) is 0 Å². The minimum atomic E-state index is -0.424. The fraction of sp³-hybridized carbons (Fsp3) is 0.333. The molecule has 0 aliphatic rings. The van der Waals surface area contributed by atoms with Crippen LogP contribution in [0.3, 0.4) is 0 Å². The Morgan fingerprint density at radius 3 is 2.41 bits per heavy atom. The summed E-state index contributed by atoms with van der Waals surface area (Å²) in [5.74, 6) is -1.13. The molecule has 0 fully saturated rings. The smallest absolute Gasteiger partial charge is 0.243 e. The molecule has 0 aliphatic heterocycles. The van der Waals surface area contributed by atoms with Crippen molar-refractivity contribution in [2.75, 3.05) is 7.05 Å². The van der Waals surface area contributed by atoms with Gasteiger partial charge in [0, 0.05) is 0 Å². The molecule has 0 radical (unpaired) electrons. The van der Waals surface area contributed by atoms with E-state index in [1.165, 1.54) is 24.3 Å². The predicted octanol–water partition coefficient (Wildman–Crippen LogP) is 0.619. The first kappa shape index (κ1) is 13.3. The second kappa shape index (κ2) is 6.10. The lowest BCUT2D eigenvalue weighted by Crippen LogP contribution is -2.43. The Balaban J connectivity index is 2.50. The number of carbonyl (C=O) groups is 2. The maximum atomic E-state index is 12.6. The van der Waals surface area contributed by atoms with Crippen LogP contribution in [-0.4, -0.2) is 24.9 Å². The van der Waals surface area contributed by atoms with E-state index in [9.17, 15) is 14.0 Å². The molecular weight excluding hydrogens is 223 g/mol. The fourth-order valence-corrected chi connectivity index (χ4v) is 1.21. The average molecular weight is 238 g/mol. The van der Waals surface area contributed by atoms with E-state index in [1.54, 1.807) is 14.0 Å². The second-order valence-electron chi connectivity index (χ2n) is 3.73. The van der Waals surface area contributed by atoms with E-state index in [-0.39, 0.29) is 18.1 Å². The molecule has 1 aromatic carbocycles. The number of hydrogen-bond donors (Lipinski definition) is 2. The Labute approximate surface area is 99.2 Å². The van der Waals surface area contributed by atoms with Crippen molar-refractivity contribution in [2.24, 2.45) is 0 Å². The third-order valence-electron chi connectivity index (χ3n) is 2.37. The summed E-state index contributed by atoms with van der Waals surface area (Å²) in [6.45, 7) is 1.65. The van der Waals surface area contributed by atoms with Gasteiger partial charge in [0.15, 0.2) is 0 Å². The lowest BCUT2D eigenvalue weighted by Gasteiger charge is -2.09. The standard InChI is InChI=1S/C12H15FN2O2/c1-8(14-2)12(17)15-11(16)7-9-3-5-10(13)6-4-9/h3-6,8,14H,7H2,1-2H3,(H,15,16,17)/t8-/m1/s1. The highest BCUT2D eigenvalue weighted by Crippen LogP contribution is 2.03. The molecule has 1 atom stereocenters. The maximum Gasteiger partial charge on any atom is 0.243 e. The number of amides is 2. The van der Waals surface area contributed by atoms with Gasteiger partial charge >= 0.3 is 0 Å². The van der Waals surface area contributed by atoms with Gasteiger partial charge in [-0.3, -0.25) is 14.9 Å². The van der Waals surface area contributed by atoms with Gasteiger partial charge in [-0.2, -0.15) is 0 Å². The zero-order chi connectivity index (χ0) is 12.8. The van der Waals surface area contributed by atoms with Gasteiger partial charge in [-0.25, -0.2) is 4.39 Å². The van der Waals surface area contributed by atoms with Gasteiger partial charge in [0.25, 0.3) is 0 Å². The minimum Gasteiger partial charge on any atom is -0.309 e. The van der Waals surface area contributed by atoms with Gasteiger partial charge in [-0.1, -0.05) is 12.1 Å². The van der Waals surface area contributed by atoms with E-state index >= 15 is 0 Å². The van der Waals surface area contributed by atoms with Crippen LogP contribution in [0.25, 0.3) is 0 Å². The molecule has 5 heteroatoms. The first-order valence-electron chi connectivity index (χ1n) is 5.28. The van der Waals surface area contributed by atoms with E-state index < -0.39 is 11.9 Å². The summed E-state index contributed by atoms with van der Waals surface area (Å²) >= 11 is 0. The van der Waals surface area contributed by atoms with E-state index in [0.29, 0.717) is 5.56 Å². The third-order valence-corrected chi connectivity index (χ3v) is 2.37. The largest absolute Gasteiger partial charge is 0.309 e. The molecule has 17 heavy (non-hydrogen) atoms. The van der Waals surface area contributed by atoms with E-state index in [1.807, 2.05) is 0 Å². The van der Waals surface area contributed by atoms with Gasteiger partial charge in [0.05, 0.1) is 12.5 Å². The van der Waals surface area contributed by atoms with Crippen LogP contribution in [0.2, 0.25) is 0 Å². The number of hydrogen-bond acceptors (Lipinski definition) is 3. The first-order valence-corrected chi connectivity index (χ1v) is 5.28. The Bertz CT molecular complexity index is 403. The summed E-state index contributed by atoms with van der Waals surface area (Å²) in [6, 6.07) is 5.16. The number of imide groups is 1. The molecule has 0 saturated carbocycles. The Kier molecular flexibility index (Phi) is 4.78. The molecule has 92 valence electrons. The summed E-state index contributed by atoms with van der Waals surface area (Å²) in [5, 5.41) is 4.99. The molecule has 0 unspecified atom stereocenters. The number of likely N-dealkylation sites (N-methyl/N-ethyl adjacent to an activating group) is 1. The Hall–Kier alpha value is -1.75. The molecule has 0 aromatic heterocycles. The number of rotatable bonds is 4. The Morgan fingerprint density at radius 1 is 1.29 bits per heavy atom. The quantitative estimate of drug-likeness (QED) is 0.808. The van der Waals surface area contributed by atoms with Gasteiger partial charge in [-0.15, -0.1) is 0 Å². The van der Waals surface area contributed by atoms with Crippen LogP contribution in [0.4, 0.5) is 4.39 Å². The average Bonchev–Trinajstić information content (AvgIpc) is 2.30. The van der Waals surface area contributed by atoms with Crippen LogP contribution >= 0.6 is 0 Å². The van der Waals surface area contributed by atoms with Crippen molar-refractivity contribution in [2.45, 2.75) is 19.4 Å². The predicted molar refractivity (Wildman–Crippen MR) is 61.8 cm³/mol. The summed E-state index contributed by atoms with van der Waals surface area (Å²) in [4.78, 5) is 22.8. The van der Waals surface area contributed by atoms with Crippen molar-refractivity contribution in [1.82, 2.24) is 10.6 Å². The highest BCUT2D eigenvalue weighted by molar-refractivity contribution is 5.98. The summed E-state index contributed by atoms with van der Waals surface area (Å²) in [6.07, 6.45) is 0.0580. The SMILES string of the molecule is CN[C@H](C)C(=O)NC(=O)Cc1ccc(F)cc1. The van der Waals surface area contributed by atoms with Crippen molar-refractivity contribution in [3.05, 3.63) is 35.6 Å². The summed E-state index contributed by atoms with van der Waals surface area (Å²) in [7, 11) is 1.63. The lowest BCUT2D eigenvalue weighted by atomic mass is 10.1. The second-order valence-corrected chi connectivity index (χ2v) is 3.73. The minimum absolute atomic E-state index is 0.0580. The first-order chi connectivity index (χ1) is 8.02. The van der Waals surface area contributed by atoms with Gasteiger partial charge in [0.1, 0.15) is 5.82 Å². The molecule has 2 amide bonds. The number of benzene rings is 1. The molecule has 2 N–H and O–H groups in total. The highest BCUT2D eigenvalue weighted by Gasteiger charge is 2.13. The molecule has 0 aliphatic carbocycles. The molecule has 0 spiro atoms. The van der Waals surface area contributed by atoms with E-state index in [0.717, 1.165) is 0 Å². The molecule has 1 rings (SSSR count). The van der Waals surface area contributed by atoms with Crippen LogP contribution in [0, 0.1) is 5.82 Å². The summed E-state index contributed by atoms with van der Waals surface area (Å²) in [5.41, 5.74) is 0.661. The van der Waals surface area contributed by atoms with Crippen molar-refractivity contribution in [1.29, 1.82) is 0 Å². The van der Waals surface area contributed by atoms with Gasteiger partial charge < -0.3 is 5.32 Å². The molecule has 0 heterocycles. The maximum absolute atomic E-state index is 12.6. The van der Waals surface area contributed by atoms with Gasteiger partial charge in [-0.05, 0) is 31.7 Å². The van der Waals surface area contributed by atoms with Gasteiger partial charge in [0.2, 0.25) is 11.8 Å².